The van der Waals surface area contributed by atoms with Gasteiger partial charge in [0.15, 0.2) is 0 Å². The van der Waals surface area contributed by atoms with Crippen molar-refractivity contribution in [3.8, 4) is 35.5 Å². The third-order valence-corrected chi connectivity index (χ3v) is 33.1. The Labute approximate surface area is 603 Å². The molecule has 0 aliphatic carbocycles. The van der Waals surface area contributed by atoms with Crippen LogP contribution in [0.2, 0.25) is 0 Å². The van der Waals surface area contributed by atoms with E-state index in [1.165, 1.54) is 297 Å². The fourth-order valence-corrected chi connectivity index (χ4v) is 27.4. The Hall–Kier alpha value is -0.240. The van der Waals surface area contributed by atoms with Gasteiger partial charge in [-0.1, -0.05) is 413 Å². The van der Waals surface area contributed by atoms with E-state index in [1.807, 2.05) is 94.1 Å². The van der Waals surface area contributed by atoms with Gasteiger partial charge in [0.2, 0.25) is 0 Å². The van der Waals surface area contributed by atoms with Crippen LogP contribution in [0.25, 0.3) is 0 Å². The fraction of sp³-hybridized carbons (Fsp3) is 0.615. The molecule has 0 N–H and O–H groups in total. The molecule has 0 bridgehead atoms. The molecule has 6 rings (SSSR count). The summed E-state index contributed by atoms with van der Waals surface area (Å²) >= 11 is 24.1. The van der Waals surface area contributed by atoms with Crippen LogP contribution in [0.5, 0.6) is 0 Å². The monoisotopic (exact) mass is 1430 g/mol. The van der Waals surface area contributed by atoms with Gasteiger partial charge in [-0.2, -0.15) is 0 Å². The molecular formula is C78H110S12. The number of rotatable bonds is 48. The highest BCUT2D eigenvalue weighted by Gasteiger charge is 2.29. The molecule has 4 heterocycles. The van der Waals surface area contributed by atoms with Gasteiger partial charge in [0, 0.05) is 22.3 Å². The molecule has 0 saturated heterocycles. The highest BCUT2D eigenvalue weighted by atomic mass is 32.3. The predicted molar refractivity (Wildman–Crippen MR) is 435 cm³/mol. The zero-order valence-electron chi connectivity index (χ0n) is 55.8. The van der Waals surface area contributed by atoms with Gasteiger partial charge in [-0.25, -0.2) is 0 Å². The molecule has 4 aliphatic heterocycles. The number of allylic oxidation sites excluding steroid dienone is 2. The maximum Gasteiger partial charge on any atom is 0.0717 e. The van der Waals surface area contributed by atoms with Crippen molar-refractivity contribution in [2.75, 3.05) is 23.0 Å². The Balaban J connectivity index is 0.999. The molecule has 0 saturated carbocycles. The lowest BCUT2D eigenvalue weighted by Crippen LogP contribution is -1.85. The minimum absolute atomic E-state index is 0.950. The van der Waals surface area contributed by atoms with E-state index in [4.69, 9.17) is 0 Å². The highest BCUT2D eigenvalue weighted by molar-refractivity contribution is 8.43. The van der Waals surface area contributed by atoms with Gasteiger partial charge in [-0.3, -0.25) is 0 Å². The quantitative estimate of drug-likeness (QED) is 0.0458. The zero-order valence-corrected chi connectivity index (χ0v) is 65.6. The molecule has 0 nitrogen and oxygen atoms in total. The smallest absolute Gasteiger partial charge is 0.0717 e. The van der Waals surface area contributed by atoms with Crippen LogP contribution in [0.1, 0.15) is 307 Å². The summed E-state index contributed by atoms with van der Waals surface area (Å²) in [5, 5.41) is 4.53. The molecule has 2 aromatic rings. The van der Waals surface area contributed by atoms with Gasteiger partial charge in [0.05, 0.1) is 43.7 Å². The van der Waals surface area contributed by atoms with Crippen LogP contribution in [0, 0.1) is 35.5 Å². The molecule has 90 heavy (non-hydrogen) atoms. The average molecular weight is 1430 g/mol. The van der Waals surface area contributed by atoms with Crippen molar-refractivity contribution in [3.63, 3.8) is 0 Å². The number of unbranched alkanes of at least 4 members (excludes halogenated alkanes) is 36. The van der Waals surface area contributed by atoms with Crippen LogP contribution in [0.3, 0.4) is 0 Å². The first-order valence-electron chi connectivity index (χ1n) is 35.6. The minimum Gasteiger partial charge on any atom is -0.117 e. The lowest BCUT2D eigenvalue weighted by Gasteiger charge is -2.06. The first-order chi connectivity index (χ1) is 44.6. The summed E-state index contributed by atoms with van der Waals surface area (Å²) in [6.45, 7) is 9.24. The normalized spacial score (nSPS) is 14.8. The fourth-order valence-electron chi connectivity index (χ4n) is 10.7. The number of hydrogen-bond donors (Lipinski definition) is 0. The topological polar surface area (TPSA) is 0 Å². The van der Waals surface area contributed by atoms with E-state index in [1.54, 1.807) is 16.9 Å². The van der Waals surface area contributed by atoms with Crippen LogP contribution in [0.15, 0.2) is 103 Å². The Morgan fingerprint density at radius 3 is 0.689 bits per heavy atom. The van der Waals surface area contributed by atoms with Crippen LogP contribution in [-0.4, -0.2) is 23.0 Å². The van der Waals surface area contributed by atoms with Crippen LogP contribution < -0.4 is 0 Å². The SMILES string of the molecule is CCCCCCCCCCCCSC1=C(SCCCCCCCCCCCC)SC(=C2SC=C(C#Cc3ccccc3C#Cc3ccccc3C#CC3=CSC(=C4SC(SCCCCCCCCCCCC)=C(SCCCCCCCCCCCC)S4)S3)S2)S1. The predicted octanol–water partition coefficient (Wildman–Crippen LogP) is 30.5. The molecule has 0 radical (unpaired) electrons. The summed E-state index contributed by atoms with van der Waals surface area (Å²) in [5.74, 6) is 26.2. The summed E-state index contributed by atoms with van der Waals surface area (Å²) in [6, 6.07) is 16.8. The maximum absolute atomic E-state index is 3.57. The van der Waals surface area contributed by atoms with Crippen molar-refractivity contribution in [3.05, 3.63) is 125 Å². The molecule has 12 heteroatoms. The number of thioether (sulfide) groups is 12. The van der Waals surface area contributed by atoms with Crippen molar-refractivity contribution >= 4 is 141 Å². The third kappa shape index (κ3) is 34.3. The Bertz CT molecular complexity index is 2480. The standard InChI is InChI=1S/C78H110S12/c1-5-9-13-17-21-25-29-33-37-45-59-79-71-72(80-60-46-38-34-30-26-22-18-14-10-6-2)88-77(87-71)75-83-63-69(85-75)57-55-67-51-43-41-49-65(67)53-54-66-50-42-44-52-68(66)56-58-70-64-84-76(86-70)78-89-73(81-61-47-39-35-31-27-23-19-15-11-7-3)74(90-78)82-62-48-40-36-32-28-24-20-16-12-8-4/h41-44,49-52,63-64H,5-40,45-48,59-62H2,1-4H3. The van der Waals surface area contributed by atoms with E-state index in [0.29, 0.717) is 0 Å². The molecular weight excluding hydrogens is 1320 g/mol. The highest BCUT2D eigenvalue weighted by Crippen LogP contribution is 2.64. The molecule has 0 amide bonds. The second-order valence-electron chi connectivity index (χ2n) is 24.1. The van der Waals surface area contributed by atoms with E-state index in [-0.39, 0.29) is 0 Å². The van der Waals surface area contributed by atoms with Crippen LogP contribution in [-0.2, 0) is 0 Å². The van der Waals surface area contributed by atoms with E-state index >= 15 is 0 Å². The molecule has 0 aromatic heterocycles. The zero-order chi connectivity index (χ0) is 63.0. The first kappa shape index (κ1) is 78.8. The minimum atomic E-state index is 0.950. The van der Waals surface area contributed by atoms with E-state index in [9.17, 15) is 0 Å². The summed E-state index contributed by atoms with van der Waals surface area (Å²) in [5.41, 5.74) is 3.83. The van der Waals surface area contributed by atoms with Crippen molar-refractivity contribution in [1.82, 2.24) is 0 Å². The second-order valence-corrected chi connectivity index (χ2v) is 38.5. The van der Waals surface area contributed by atoms with E-state index in [0.717, 1.165) is 32.1 Å². The van der Waals surface area contributed by atoms with Gasteiger partial charge in [0.25, 0.3) is 0 Å². The molecule has 0 fully saturated rings. The summed E-state index contributed by atoms with van der Waals surface area (Å²) in [6.07, 6.45) is 55.6. The van der Waals surface area contributed by atoms with E-state index < -0.39 is 0 Å². The number of benzene rings is 2. The molecule has 2 aromatic carbocycles. The first-order valence-corrected chi connectivity index (χ1v) is 46.2. The molecule has 0 unspecified atom stereocenters. The van der Waals surface area contributed by atoms with Gasteiger partial charge in [0.1, 0.15) is 0 Å². The van der Waals surface area contributed by atoms with Gasteiger partial charge in [-0.15, -0.1) is 47.0 Å². The molecule has 4 aliphatic rings. The molecule has 0 atom stereocenters. The largest absolute Gasteiger partial charge is 0.117 e. The summed E-state index contributed by atoms with van der Waals surface area (Å²) < 4.78 is 11.8. The maximum atomic E-state index is 3.57. The molecule has 0 spiro atoms. The Kier molecular flexibility index (Phi) is 46.2. The number of hydrogen-bond acceptors (Lipinski definition) is 12. The molecule has 494 valence electrons. The summed E-state index contributed by atoms with van der Waals surface area (Å²) in [4.78, 5) is 2.24. The Morgan fingerprint density at radius 2 is 0.456 bits per heavy atom. The average Bonchev–Trinajstić information content (AvgIpc) is 2.16. The lowest BCUT2D eigenvalue weighted by molar-refractivity contribution is 0.563. The van der Waals surface area contributed by atoms with Crippen LogP contribution in [0.4, 0.5) is 0 Å². The third-order valence-electron chi connectivity index (χ3n) is 16.1. The van der Waals surface area contributed by atoms with E-state index in [2.05, 4.69) is 170 Å². The lowest BCUT2D eigenvalue weighted by atomic mass is 10.1. The van der Waals surface area contributed by atoms with Crippen LogP contribution >= 0.6 is 141 Å². The van der Waals surface area contributed by atoms with Gasteiger partial charge < -0.3 is 0 Å². The van der Waals surface area contributed by atoms with Crippen molar-refractivity contribution in [2.24, 2.45) is 0 Å². The summed E-state index contributed by atoms with van der Waals surface area (Å²) in [7, 11) is 0. The Morgan fingerprint density at radius 1 is 0.244 bits per heavy atom. The van der Waals surface area contributed by atoms with Gasteiger partial charge in [-0.05, 0) is 83.8 Å². The van der Waals surface area contributed by atoms with Crippen molar-refractivity contribution < 1.29 is 0 Å². The second kappa shape index (κ2) is 52.8. The van der Waals surface area contributed by atoms with Crippen molar-refractivity contribution in [2.45, 2.75) is 285 Å². The van der Waals surface area contributed by atoms with Gasteiger partial charge >= 0.3 is 0 Å². The van der Waals surface area contributed by atoms with Crippen molar-refractivity contribution in [1.29, 1.82) is 0 Å².